The van der Waals surface area contributed by atoms with Gasteiger partial charge in [0.25, 0.3) is 0 Å². The minimum atomic E-state index is -0.185. The highest BCUT2D eigenvalue weighted by atomic mass is 32.1. The molecular formula is C10H18N4OS. The maximum atomic E-state index is 11.3. The van der Waals surface area contributed by atoms with Gasteiger partial charge in [-0.15, -0.1) is 11.3 Å². The van der Waals surface area contributed by atoms with Crippen molar-refractivity contribution < 1.29 is 4.79 Å². The highest BCUT2D eigenvalue weighted by Gasteiger charge is 2.10. The molecule has 16 heavy (non-hydrogen) atoms. The standard InChI is InChI=1S/C10H18N4OS/c1-7(9(15)11-2)12-5-8-6-13-10(16-8)14(3)4/h6-7,12H,5H2,1-4H3,(H,11,15)/t7-/m1/s1. The van der Waals surface area contributed by atoms with E-state index in [0.29, 0.717) is 6.54 Å². The first kappa shape index (κ1) is 12.9. The summed E-state index contributed by atoms with van der Waals surface area (Å²) >= 11 is 1.62. The Balaban J connectivity index is 2.45. The number of rotatable bonds is 5. The van der Waals surface area contributed by atoms with Crippen LogP contribution in [0.1, 0.15) is 11.8 Å². The molecule has 2 N–H and O–H groups in total. The number of likely N-dealkylation sites (N-methyl/N-ethyl adjacent to an activating group) is 1. The average Bonchev–Trinajstić information content (AvgIpc) is 2.73. The van der Waals surface area contributed by atoms with Crippen LogP contribution in [0.5, 0.6) is 0 Å². The maximum absolute atomic E-state index is 11.3. The second-order valence-corrected chi connectivity index (χ2v) is 4.81. The lowest BCUT2D eigenvalue weighted by Gasteiger charge is -2.10. The Morgan fingerprint density at radius 2 is 2.31 bits per heavy atom. The molecule has 0 saturated carbocycles. The first-order valence-corrected chi connectivity index (χ1v) is 5.93. The van der Waals surface area contributed by atoms with Crippen LogP contribution in [0.4, 0.5) is 5.13 Å². The molecule has 0 fully saturated rings. The maximum Gasteiger partial charge on any atom is 0.236 e. The van der Waals surface area contributed by atoms with Gasteiger partial charge in [0.15, 0.2) is 5.13 Å². The van der Waals surface area contributed by atoms with E-state index in [1.807, 2.05) is 32.1 Å². The summed E-state index contributed by atoms with van der Waals surface area (Å²) < 4.78 is 0. The van der Waals surface area contributed by atoms with Crippen molar-refractivity contribution in [2.75, 3.05) is 26.0 Å². The number of amides is 1. The number of hydrogen-bond acceptors (Lipinski definition) is 5. The van der Waals surface area contributed by atoms with Crippen molar-refractivity contribution in [3.05, 3.63) is 11.1 Å². The van der Waals surface area contributed by atoms with E-state index in [0.717, 1.165) is 10.0 Å². The van der Waals surface area contributed by atoms with Crippen molar-refractivity contribution in [1.82, 2.24) is 15.6 Å². The molecule has 6 heteroatoms. The number of aromatic nitrogens is 1. The van der Waals surface area contributed by atoms with Crippen molar-refractivity contribution in [2.45, 2.75) is 19.5 Å². The Labute approximate surface area is 99.9 Å². The molecule has 1 aromatic heterocycles. The molecule has 5 nitrogen and oxygen atoms in total. The molecule has 1 heterocycles. The van der Waals surface area contributed by atoms with Crippen LogP contribution < -0.4 is 15.5 Å². The van der Waals surface area contributed by atoms with Gasteiger partial charge < -0.3 is 15.5 Å². The summed E-state index contributed by atoms with van der Waals surface area (Å²) in [6.45, 7) is 2.51. The zero-order chi connectivity index (χ0) is 12.1. The van der Waals surface area contributed by atoms with Gasteiger partial charge in [0, 0.05) is 38.8 Å². The second kappa shape index (κ2) is 5.81. The van der Waals surface area contributed by atoms with Crippen molar-refractivity contribution in [2.24, 2.45) is 0 Å². The largest absolute Gasteiger partial charge is 0.358 e. The molecule has 0 unspecified atom stereocenters. The Bertz CT molecular complexity index is 350. The van der Waals surface area contributed by atoms with Crippen LogP contribution in [0.15, 0.2) is 6.20 Å². The van der Waals surface area contributed by atoms with Crippen LogP contribution in [0.3, 0.4) is 0 Å². The average molecular weight is 242 g/mol. The van der Waals surface area contributed by atoms with Crippen LogP contribution in [0.2, 0.25) is 0 Å². The second-order valence-electron chi connectivity index (χ2n) is 3.72. The van der Waals surface area contributed by atoms with Gasteiger partial charge in [0.05, 0.1) is 6.04 Å². The summed E-state index contributed by atoms with van der Waals surface area (Å²) in [6.07, 6.45) is 1.84. The predicted molar refractivity (Wildman–Crippen MR) is 66.8 cm³/mol. The molecule has 90 valence electrons. The van der Waals surface area contributed by atoms with Gasteiger partial charge in [-0.2, -0.15) is 0 Å². The van der Waals surface area contributed by atoms with Gasteiger partial charge in [0.1, 0.15) is 0 Å². The van der Waals surface area contributed by atoms with Crippen molar-refractivity contribution in [3.8, 4) is 0 Å². The summed E-state index contributed by atoms with van der Waals surface area (Å²) in [5.41, 5.74) is 0. The molecule has 0 radical (unpaired) electrons. The monoisotopic (exact) mass is 242 g/mol. The lowest BCUT2D eigenvalue weighted by molar-refractivity contribution is -0.122. The van der Waals surface area contributed by atoms with Gasteiger partial charge in [0.2, 0.25) is 5.91 Å². The number of carbonyl (C=O) groups excluding carboxylic acids is 1. The van der Waals surface area contributed by atoms with E-state index >= 15 is 0 Å². The molecule has 1 amide bonds. The number of carbonyl (C=O) groups is 1. The van der Waals surface area contributed by atoms with Crippen LogP contribution in [0.25, 0.3) is 0 Å². The van der Waals surface area contributed by atoms with Crippen molar-refractivity contribution in [1.29, 1.82) is 0 Å². The third-order valence-electron chi connectivity index (χ3n) is 2.15. The third kappa shape index (κ3) is 3.46. The first-order chi connectivity index (χ1) is 7.54. The highest BCUT2D eigenvalue weighted by Crippen LogP contribution is 2.19. The molecule has 0 saturated heterocycles. The summed E-state index contributed by atoms with van der Waals surface area (Å²) in [5, 5.41) is 6.72. The lowest BCUT2D eigenvalue weighted by Crippen LogP contribution is -2.40. The van der Waals surface area contributed by atoms with Gasteiger partial charge >= 0.3 is 0 Å². The molecule has 0 aliphatic carbocycles. The molecule has 0 aliphatic rings. The first-order valence-electron chi connectivity index (χ1n) is 5.11. The highest BCUT2D eigenvalue weighted by molar-refractivity contribution is 7.15. The molecule has 0 aliphatic heterocycles. The smallest absolute Gasteiger partial charge is 0.236 e. The number of nitrogens with one attached hydrogen (secondary N) is 2. The Morgan fingerprint density at radius 1 is 1.62 bits per heavy atom. The molecule has 1 aromatic rings. The number of hydrogen-bond donors (Lipinski definition) is 2. The van der Waals surface area contributed by atoms with Gasteiger partial charge in [-0.3, -0.25) is 4.79 Å². The fourth-order valence-electron chi connectivity index (χ4n) is 1.15. The van der Waals surface area contributed by atoms with Gasteiger partial charge in [-0.1, -0.05) is 0 Å². The number of anilines is 1. The molecule has 1 rings (SSSR count). The minimum absolute atomic E-state index is 0.00246. The fraction of sp³-hybridized carbons (Fsp3) is 0.600. The van der Waals surface area contributed by atoms with E-state index < -0.39 is 0 Å². The zero-order valence-electron chi connectivity index (χ0n) is 10.1. The van der Waals surface area contributed by atoms with E-state index in [9.17, 15) is 4.79 Å². The quantitative estimate of drug-likeness (QED) is 0.786. The number of nitrogens with zero attached hydrogens (tertiary/aromatic N) is 2. The molecule has 0 aromatic carbocycles. The van der Waals surface area contributed by atoms with Crippen molar-refractivity contribution >= 4 is 22.4 Å². The van der Waals surface area contributed by atoms with Crippen molar-refractivity contribution in [3.63, 3.8) is 0 Å². The minimum Gasteiger partial charge on any atom is -0.358 e. The molecule has 0 bridgehead atoms. The summed E-state index contributed by atoms with van der Waals surface area (Å²) in [7, 11) is 5.56. The molecular weight excluding hydrogens is 224 g/mol. The van der Waals surface area contributed by atoms with E-state index in [1.54, 1.807) is 18.4 Å². The summed E-state index contributed by atoms with van der Waals surface area (Å²) in [6, 6.07) is -0.185. The Kier molecular flexibility index (Phi) is 4.70. The normalized spacial score (nSPS) is 12.2. The van der Waals surface area contributed by atoms with Crippen LogP contribution in [0, 0.1) is 0 Å². The predicted octanol–water partition coefficient (Wildman–Crippen LogP) is 0.433. The SMILES string of the molecule is CNC(=O)[C@@H](C)NCc1cnc(N(C)C)s1. The molecule has 0 spiro atoms. The van der Waals surface area contributed by atoms with E-state index in [2.05, 4.69) is 15.6 Å². The number of thiazole rings is 1. The topological polar surface area (TPSA) is 57.3 Å². The van der Waals surface area contributed by atoms with Gasteiger partial charge in [-0.25, -0.2) is 4.98 Å². The van der Waals surface area contributed by atoms with Crippen LogP contribution >= 0.6 is 11.3 Å². The zero-order valence-corrected chi connectivity index (χ0v) is 10.9. The van der Waals surface area contributed by atoms with Crippen LogP contribution in [-0.4, -0.2) is 38.1 Å². The van der Waals surface area contributed by atoms with E-state index in [-0.39, 0.29) is 11.9 Å². The lowest BCUT2D eigenvalue weighted by atomic mass is 10.3. The molecule has 1 atom stereocenters. The Morgan fingerprint density at radius 3 is 2.81 bits per heavy atom. The summed E-state index contributed by atoms with van der Waals surface area (Å²) in [4.78, 5) is 18.6. The van der Waals surface area contributed by atoms with Gasteiger partial charge in [-0.05, 0) is 6.92 Å². The summed E-state index contributed by atoms with van der Waals surface area (Å²) in [5.74, 6) is -0.00246. The van der Waals surface area contributed by atoms with E-state index in [4.69, 9.17) is 0 Å². The Hall–Kier alpha value is -1.14. The third-order valence-corrected chi connectivity index (χ3v) is 3.31. The van der Waals surface area contributed by atoms with E-state index in [1.165, 1.54) is 0 Å². The van der Waals surface area contributed by atoms with Crippen LogP contribution in [-0.2, 0) is 11.3 Å². The fourth-order valence-corrected chi connectivity index (χ4v) is 1.93.